The van der Waals surface area contributed by atoms with Crippen LogP contribution >= 0.6 is 23.2 Å². The van der Waals surface area contributed by atoms with Crippen LogP contribution in [0.25, 0.3) is 0 Å². The summed E-state index contributed by atoms with van der Waals surface area (Å²) in [6.07, 6.45) is 0.691. The molecule has 0 spiro atoms. The zero-order valence-electron chi connectivity index (χ0n) is 11.8. The molecule has 0 fully saturated rings. The van der Waals surface area contributed by atoms with Gasteiger partial charge in [-0.25, -0.2) is 0 Å². The minimum atomic E-state index is -0.0915. The smallest absolute Gasteiger partial charge is 0.157 e. The molecule has 0 aromatic heterocycles. The molecule has 0 saturated heterocycles. The molecule has 0 aliphatic carbocycles. The van der Waals surface area contributed by atoms with Gasteiger partial charge >= 0.3 is 0 Å². The van der Waals surface area contributed by atoms with E-state index in [9.17, 15) is 4.79 Å². The van der Waals surface area contributed by atoms with Crippen LogP contribution < -0.4 is 4.74 Å². The van der Waals surface area contributed by atoms with E-state index in [1.165, 1.54) is 0 Å². The molecule has 1 atom stereocenters. The maximum absolute atomic E-state index is 10.5. The van der Waals surface area contributed by atoms with Gasteiger partial charge in [-0.15, -0.1) is 0 Å². The highest BCUT2D eigenvalue weighted by molar-refractivity contribution is 6.31. The largest absolute Gasteiger partial charge is 0.486 e. The highest BCUT2D eigenvalue weighted by atomic mass is 35.5. The van der Waals surface area contributed by atoms with Crippen molar-refractivity contribution in [2.24, 2.45) is 0 Å². The quantitative estimate of drug-likeness (QED) is 0.751. The number of ether oxygens (including phenoxy) is 1. The average molecular weight is 334 g/mol. The topological polar surface area (TPSA) is 50.1 Å². The molecule has 3 nitrogen and oxygen atoms in total. The van der Waals surface area contributed by atoms with E-state index < -0.39 is 0 Å². The van der Waals surface area contributed by atoms with Crippen LogP contribution in [0.5, 0.6) is 5.75 Å². The van der Waals surface area contributed by atoms with Crippen LogP contribution in [0.3, 0.4) is 0 Å². The predicted molar refractivity (Wildman–Crippen MR) is 86.7 cm³/mol. The molecule has 0 heterocycles. The van der Waals surface area contributed by atoms with E-state index in [1.54, 1.807) is 36.4 Å². The molecule has 0 aliphatic rings. The van der Waals surface area contributed by atoms with Crippen LogP contribution in [0.15, 0.2) is 36.4 Å². The van der Waals surface area contributed by atoms with Gasteiger partial charge in [0.2, 0.25) is 0 Å². The third-order valence-electron chi connectivity index (χ3n) is 3.29. The molecule has 112 valence electrons. The molecule has 0 aliphatic heterocycles. The van der Waals surface area contributed by atoms with Crippen LogP contribution in [0.1, 0.15) is 29.5 Å². The number of halogens is 2. The van der Waals surface area contributed by atoms with Gasteiger partial charge in [0.25, 0.3) is 0 Å². The van der Waals surface area contributed by atoms with Crippen LogP contribution in [0.2, 0.25) is 10.0 Å². The number of hydrogen-bond donors (Lipinski definition) is 0. The van der Waals surface area contributed by atoms with E-state index in [0.717, 1.165) is 11.1 Å². The fraction of sp³-hybridized carbons (Fsp3) is 0.176. The first-order valence-electron chi connectivity index (χ1n) is 6.61. The molecule has 0 amide bonds. The summed E-state index contributed by atoms with van der Waals surface area (Å²) < 4.78 is 5.45. The Labute approximate surface area is 139 Å². The summed E-state index contributed by atoms with van der Waals surface area (Å²) in [5.74, 6) is 0.494. The number of hydrogen-bond acceptors (Lipinski definition) is 3. The lowest BCUT2D eigenvalue weighted by Gasteiger charge is -2.17. The lowest BCUT2D eigenvalue weighted by molar-refractivity contribution is -0.109. The van der Waals surface area contributed by atoms with Crippen molar-refractivity contribution in [2.75, 3.05) is 6.61 Å². The number of aldehydes is 1. The second kappa shape index (κ2) is 7.31. The molecule has 0 N–H and O–H groups in total. The summed E-state index contributed by atoms with van der Waals surface area (Å²) in [6, 6.07) is 12.5. The van der Waals surface area contributed by atoms with E-state index in [2.05, 4.69) is 6.07 Å². The van der Waals surface area contributed by atoms with E-state index in [-0.39, 0.29) is 12.5 Å². The third-order valence-corrected chi connectivity index (χ3v) is 3.75. The van der Waals surface area contributed by atoms with Gasteiger partial charge in [-0.3, -0.25) is 4.79 Å². The number of benzene rings is 2. The summed E-state index contributed by atoms with van der Waals surface area (Å²) in [5, 5.41) is 10.1. The fourth-order valence-electron chi connectivity index (χ4n) is 2.22. The first kappa shape index (κ1) is 16.4. The lowest BCUT2D eigenvalue weighted by Crippen LogP contribution is -2.04. The van der Waals surface area contributed by atoms with Crippen molar-refractivity contribution in [3.8, 4) is 11.8 Å². The van der Waals surface area contributed by atoms with Crippen molar-refractivity contribution in [3.05, 3.63) is 63.1 Å². The Morgan fingerprint density at radius 1 is 1.23 bits per heavy atom. The monoisotopic (exact) mass is 333 g/mol. The fourth-order valence-corrected chi connectivity index (χ4v) is 2.64. The van der Waals surface area contributed by atoms with Crippen LogP contribution in [0.4, 0.5) is 0 Å². The van der Waals surface area contributed by atoms with Gasteiger partial charge in [0, 0.05) is 21.5 Å². The molecule has 2 aromatic carbocycles. The Hall–Kier alpha value is -2.02. The van der Waals surface area contributed by atoms with Gasteiger partial charge in [0.1, 0.15) is 12.4 Å². The molecule has 0 saturated carbocycles. The second-order valence-corrected chi connectivity index (χ2v) is 5.64. The minimum absolute atomic E-state index is 0.0274. The predicted octanol–water partition coefficient (Wildman–Crippen LogP) is 4.59. The highest BCUT2D eigenvalue weighted by Crippen LogP contribution is 2.35. The van der Waals surface area contributed by atoms with E-state index in [0.29, 0.717) is 27.6 Å². The van der Waals surface area contributed by atoms with E-state index in [4.69, 9.17) is 33.2 Å². The Bertz CT molecular complexity index is 738. The Morgan fingerprint density at radius 2 is 2.00 bits per heavy atom. The van der Waals surface area contributed by atoms with Crippen LogP contribution in [0, 0.1) is 11.3 Å². The van der Waals surface area contributed by atoms with Crippen LogP contribution in [-0.4, -0.2) is 12.9 Å². The normalized spacial score (nSPS) is 11.5. The maximum Gasteiger partial charge on any atom is 0.157 e. The zero-order valence-corrected chi connectivity index (χ0v) is 13.4. The Morgan fingerprint density at radius 3 is 2.68 bits per heavy atom. The molecular weight excluding hydrogens is 321 g/mol. The molecule has 5 heteroatoms. The van der Waals surface area contributed by atoms with Gasteiger partial charge in [-0.2, -0.15) is 5.26 Å². The highest BCUT2D eigenvalue weighted by Gasteiger charge is 2.16. The lowest BCUT2D eigenvalue weighted by atomic mass is 9.91. The Kier molecular flexibility index (Phi) is 5.43. The maximum atomic E-state index is 10.5. The molecular formula is C17H13Cl2NO2. The van der Waals surface area contributed by atoms with Gasteiger partial charge in [-0.1, -0.05) is 30.1 Å². The Balaban J connectivity index is 2.46. The van der Waals surface area contributed by atoms with Gasteiger partial charge in [-0.05, 0) is 42.0 Å². The van der Waals surface area contributed by atoms with Crippen molar-refractivity contribution in [1.82, 2.24) is 0 Å². The van der Waals surface area contributed by atoms with Crippen molar-refractivity contribution in [2.45, 2.75) is 12.8 Å². The van der Waals surface area contributed by atoms with Gasteiger partial charge in [0.15, 0.2) is 6.29 Å². The standard InChI is InChI=1S/C17H13Cl2NO2/c1-11(13-6-12(10-20)7-15(19)8-13)16-9-14(18)2-3-17(16)22-5-4-21/h2-4,6-9,11H,5H2,1H3. The summed E-state index contributed by atoms with van der Waals surface area (Å²) in [4.78, 5) is 10.5. The molecule has 22 heavy (non-hydrogen) atoms. The van der Waals surface area contributed by atoms with E-state index >= 15 is 0 Å². The number of carbonyl (C=O) groups is 1. The average Bonchev–Trinajstić information content (AvgIpc) is 2.52. The number of rotatable bonds is 5. The first-order chi connectivity index (χ1) is 10.5. The number of nitrogens with zero attached hydrogens (tertiary/aromatic N) is 1. The zero-order chi connectivity index (χ0) is 16.1. The summed E-state index contributed by atoms with van der Waals surface area (Å²) >= 11 is 12.1. The first-order valence-corrected chi connectivity index (χ1v) is 7.37. The van der Waals surface area contributed by atoms with Gasteiger partial charge < -0.3 is 4.74 Å². The summed E-state index contributed by atoms with van der Waals surface area (Å²) in [5.41, 5.74) is 2.20. The number of carbonyl (C=O) groups excluding carboxylic acids is 1. The molecule has 0 bridgehead atoms. The minimum Gasteiger partial charge on any atom is -0.486 e. The van der Waals surface area contributed by atoms with Gasteiger partial charge in [0.05, 0.1) is 11.6 Å². The van der Waals surface area contributed by atoms with E-state index in [1.807, 2.05) is 6.92 Å². The molecule has 0 radical (unpaired) electrons. The van der Waals surface area contributed by atoms with Crippen molar-refractivity contribution >= 4 is 29.5 Å². The molecule has 2 rings (SSSR count). The molecule has 2 aromatic rings. The van der Waals surface area contributed by atoms with Crippen LogP contribution in [-0.2, 0) is 4.79 Å². The summed E-state index contributed by atoms with van der Waals surface area (Å²) in [6.45, 7) is 1.94. The van der Waals surface area contributed by atoms with Crippen molar-refractivity contribution in [1.29, 1.82) is 5.26 Å². The molecule has 1 unspecified atom stereocenters. The SMILES string of the molecule is CC(c1cc(Cl)cc(C#N)c1)c1cc(Cl)ccc1OCC=O. The second-order valence-electron chi connectivity index (χ2n) is 4.77. The van der Waals surface area contributed by atoms with Crippen molar-refractivity contribution < 1.29 is 9.53 Å². The van der Waals surface area contributed by atoms with Crippen molar-refractivity contribution in [3.63, 3.8) is 0 Å². The summed E-state index contributed by atoms with van der Waals surface area (Å²) in [7, 11) is 0. The number of nitriles is 1. The third kappa shape index (κ3) is 3.79.